The molecule has 0 amide bonds. The summed E-state index contributed by atoms with van der Waals surface area (Å²) in [7, 11) is 0. The SMILES string of the molecule is Cc1c(C)n(CCCN2CCOCC2)c2ncn3nc(CSc4nc5ccccc5o4)nc3c12. The molecule has 0 unspecified atom stereocenters. The number of ether oxygens (including phenoxy) is 1. The predicted octanol–water partition coefficient (Wildman–Crippen LogP) is 3.85. The van der Waals surface area contributed by atoms with Gasteiger partial charge in [-0.25, -0.2) is 19.5 Å². The van der Waals surface area contributed by atoms with Crippen LogP contribution in [-0.2, 0) is 17.0 Å². The highest BCUT2D eigenvalue weighted by Gasteiger charge is 2.19. The van der Waals surface area contributed by atoms with Gasteiger partial charge in [-0.15, -0.1) is 5.10 Å². The van der Waals surface area contributed by atoms with E-state index in [2.05, 4.69) is 33.4 Å². The Hall–Kier alpha value is -2.95. The minimum absolute atomic E-state index is 0.578. The van der Waals surface area contributed by atoms with Crippen molar-refractivity contribution in [2.24, 2.45) is 0 Å². The molecule has 0 saturated carbocycles. The number of aromatic nitrogens is 6. The Labute approximate surface area is 201 Å². The van der Waals surface area contributed by atoms with Crippen molar-refractivity contribution in [2.75, 3.05) is 32.8 Å². The van der Waals surface area contributed by atoms with Gasteiger partial charge in [0.25, 0.3) is 5.22 Å². The molecule has 1 saturated heterocycles. The number of morpholine rings is 1. The van der Waals surface area contributed by atoms with Gasteiger partial charge >= 0.3 is 0 Å². The maximum atomic E-state index is 5.82. The Balaban J connectivity index is 1.23. The summed E-state index contributed by atoms with van der Waals surface area (Å²) in [4.78, 5) is 16.6. The molecule has 0 bridgehead atoms. The molecule has 1 aliphatic rings. The monoisotopic (exact) mass is 477 g/mol. The normalized spacial score (nSPS) is 15.2. The van der Waals surface area contributed by atoms with E-state index in [1.165, 1.54) is 23.0 Å². The Morgan fingerprint density at radius 2 is 1.88 bits per heavy atom. The van der Waals surface area contributed by atoms with Gasteiger partial charge in [-0.2, -0.15) is 0 Å². The van der Waals surface area contributed by atoms with E-state index in [0.717, 1.165) is 79.4 Å². The highest BCUT2D eigenvalue weighted by Crippen LogP contribution is 2.29. The van der Waals surface area contributed by atoms with Crippen LogP contribution in [0.4, 0.5) is 0 Å². The molecular weight excluding hydrogens is 450 g/mol. The van der Waals surface area contributed by atoms with Crippen molar-refractivity contribution < 1.29 is 9.15 Å². The number of fused-ring (bicyclic) bond motifs is 4. The Kier molecular flexibility index (Phi) is 5.72. The average molecular weight is 478 g/mol. The first-order valence-corrected chi connectivity index (χ1v) is 12.6. The number of para-hydroxylation sites is 2. The second kappa shape index (κ2) is 9.01. The third-order valence-corrected chi connectivity index (χ3v) is 7.37. The zero-order valence-electron chi connectivity index (χ0n) is 19.4. The van der Waals surface area contributed by atoms with Crippen molar-refractivity contribution in [1.82, 2.24) is 34.0 Å². The molecule has 0 radical (unpaired) electrons. The molecule has 1 aromatic carbocycles. The summed E-state index contributed by atoms with van der Waals surface area (Å²) >= 11 is 1.50. The zero-order valence-corrected chi connectivity index (χ0v) is 20.2. The van der Waals surface area contributed by atoms with Crippen LogP contribution in [0.25, 0.3) is 27.8 Å². The number of benzene rings is 1. The smallest absolute Gasteiger partial charge is 0.257 e. The van der Waals surface area contributed by atoms with Crippen LogP contribution in [0.15, 0.2) is 40.2 Å². The molecule has 1 aliphatic heterocycles. The summed E-state index contributed by atoms with van der Waals surface area (Å²) in [5.74, 6) is 1.31. The van der Waals surface area contributed by atoms with E-state index in [4.69, 9.17) is 19.1 Å². The van der Waals surface area contributed by atoms with Crippen molar-refractivity contribution >= 4 is 39.5 Å². The van der Waals surface area contributed by atoms with E-state index < -0.39 is 0 Å². The van der Waals surface area contributed by atoms with Gasteiger partial charge in [0.05, 0.1) is 24.4 Å². The second-order valence-electron chi connectivity index (χ2n) is 8.65. The van der Waals surface area contributed by atoms with Gasteiger partial charge < -0.3 is 13.7 Å². The van der Waals surface area contributed by atoms with Crippen molar-refractivity contribution in [3.63, 3.8) is 0 Å². The van der Waals surface area contributed by atoms with Crippen LogP contribution >= 0.6 is 11.8 Å². The third kappa shape index (κ3) is 3.95. The van der Waals surface area contributed by atoms with Crippen LogP contribution in [0.5, 0.6) is 0 Å². The molecule has 6 rings (SSSR count). The fourth-order valence-electron chi connectivity index (χ4n) is 4.63. The van der Waals surface area contributed by atoms with E-state index in [0.29, 0.717) is 11.0 Å². The molecule has 0 aliphatic carbocycles. The first-order valence-electron chi connectivity index (χ1n) is 11.7. The van der Waals surface area contributed by atoms with Crippen LogP contribution in [0.1, 0.15) is 23.5 Å². The largest absolute Gasteiger partial charge is 0.431 e. The average Bonchev–Trinajstić information content (AvgIpc) is 3.53. The molecule has 34 heavy (non-hydrogen) atoms. The van der Waals surface area contributed by atoms with Crippen LogP contribution in [0, 0.1) is 13.8 Å². The van der Waals surface area contributed by atoms with Crippen molar-refractivity contribution in [3.8, 4) is 0 Å². The lowest BCUT2D eigenvalue weighted by Crippen LogP contribution is -2.37. The second-order valence-corrected chi connectivity index (χ2v) is 9.57. The quantitative estimate of drug-likeness (QED) is 0.327. The number of aryl methyl sites for hydroxylation is 2. The Morgan fingerprint density at radius 3 is 2.74 bits per heavy atom. The first-order chi connectivity index (χ1) is 16.7. The summed E-state index contributed by atoms with van der Waals surface area (Å²) in [6.45, 7) is 10.0. The number of hydrogen-bond acceptors (Lipinski definition) is 8. The van der Waals surface area contributed by atoms with E-state index in [9.17, 15) is 0 Å². The molecule has 5 aromatic rings. The van der Waals surface area contributed by atoms with Gasteiger partial charge in [-0.05, 0) is 38.0 Å². The first kappa shape index (κ1) is 21.6. The lowest BCUT2D eigenvalue weighted by Gasteiger charge is -2.26. The summed E-state index contributed by atoms with van der Waals surface area (Å²) < 4.78 is 15.4. The Morgan fingerprint density at radius 1 is 1.03 bits per heavy atom. The Bertz CT molecular complexity index is 1430. The van der Waals surface area contributed by atoms with Gasteiger partial charge in [0.2, 0.25) is 0 Å². The number of oxazole rings is 1. The third-order valence-electron chi connectivity index (χ3n) is 6.55. The highest BCUT2D eigenvalue weighted by atomic mass is 32.2. The summed E-state index contributed by atoms with van der Waals surface area (Å²) in [5, 5.41) is 6.37. The lowest BCUT2D eigenvalue weighted by atomic mass is 10.2. The maximum absolute atomic E-state index is 5.82. The number of hydrogen-bond donors (Lipinski definition) is 0. The number of thioether (sulfide) groups is 1. The number of nitrogens with zero attached hydrogens (tertiary/aromatic N) is 7. The van der Waals surface area contributed by atoms with Crippen molar-refractivity contribution in [1.29, 1.82) is 0 Å². The molecule has 176 valence electrons. The molecule has 0 N–H and O–H groups in total. The molecular formula is C24H27N7O2S. The molecule has 4 aromatic heterocycles. The maximum Gasteiger partial charge on any atom is 0.257 e. The summed E-state index contributed by atoms with van der Waals surface area (Å²) in [6.07, 6.45) is 2.85. The predicted molar refractivity (Wildman–Crippen MR) is 131 cm³/mol. The van der Waals surface area contributed by atoms with Gasteiger partial charge in [-0.1, -0.05) is 23.9 Å². The van der Waals surface area contributed by atoms with E-state index in [1.54, 1.807) is 10.8 Å². The summed E-state index contributed by atoms with van der Waals surface area (Å²) in [5.41, 5.74) is 5.94. The van der Waals surface area contributed by atoms with Gasteiger partial charge in [-0.3, -0.25) is 4.90 Å². The molecule has 0 spiro atoms. The standard InChI is InChI=1S/C24H27N7O2S/c1-16-17(2)30(9-5-8-29-10-12-32-13-11-29)22-21(16)23-27-20(28-31(23)15-25-22)14-34-24-26-18-6-3-4-7-19(18)33-24/h3-4,6-7,15H,5,8-14H2,1-2H3. The lowest BCUT2D eigenvalue weighted by molar-refractivity contribution is 0.0369. The number of rotatable bonds is 7. The highest BCUT2D eigenvalue weighted by molar-refractivity contribution is 7.98. The van der Waals surface area contributed by atoms with Crippen molar-refractivity contribution in [3.05, 3.63) is 47.7 Å². The molecule has 1 fully saturated rings. The van der Waals surface area contributed by atoms with E-state index in [-0.39, 0.29) is 0 Å². The molecule has 10 heteroatoms. The minimum atomic E-state index is 0.578. The van der Waals surface area contributed by atoms with E-state index >= 15 is 0 Å². The van der Waals surface area contributed by atoms with Gasteiger partial charge in [0.1, 0.15) is 17.5 Å². The van der Waals surface area contributed by atoms with Gasteiger partial charge in [0.15, 0.2) is 17.1 Å². The van der Waals surface area contributed by atoms with Crippen LogP contribution in [0.2, 0.25) is 0 Å². The van der Waals surface area contributed by atoms with Crippen LogP contribution in [-0.4, -0.2) is 66.9 Å². The molecule has 0 atom stereocenters. The topological polar surface area (TPSA) is 86.5 Å². The summed E-state index contributed by atoms with van der Waals surface area (Å²) in [6, 6.07) is 7.78. The van der Waals surface area contributed by atoms with Gasteiger partial charge in [0, 0.05) is 31.9 Å². The molecule has 9 nitrogen and oxygen atoms in total. The van der Waals surface area contributed by atoms with Crippen LogP contribution < -0.4 is 0 Å². The minimum Gasteiger partial charge on any atom is -0.431 e. The van der Waals surface area contributed by atoms with Crippen LogP contribution in [0.3, 0.4) is 0 Å². The van der Waals surface area contributed by atoms with E-state index in [1.807, 2.05) is 24.3 Å². The fourth-order valence-corrected chi connectivity index (χ4v) is 5.31. The van der Waals surface area contributed by atoms with Crippen molar-refractivity contribution in [2.45, 2.75) is 37.8 Å². The fraction of sp³-hybridized carbons (Fsp3) is 0.417. The molecule has 5 heterocycles. The zero-order chi connectivity index (χ0) is 23.1.